The van der Waals surface area contributed by atoms with Crippen molar-refractivity contribution < 1.29 is 4.79 Å². The molecule has 0 spiro atoms. The highest BCUT2D eigenvalue weighted by atomic mass is 16.2. The summed E-state index contributed by atoms with van der Waals surface area (Å²) in [6, 6.07) is 8.04. The van der Waals surface area contributed by atoms with E-state index in [1.165, 1.54) is 5.56 Å². The summed E-state index contributed by atoms with van der Waals surface area (Å²) in [4.78, 5) is 24.4. The van der Waals surface area contributed by atoms with Crippen LogP contribution in [0.2, 0.25) is 0 Å². The molecule has 0 saturated carbocycles. The first-order chi connectivity index (χ1) is 17.7. The smallest absolute Gasteiger partial charge is 0.273 e. The molecule has 0 bridgehead atoms. The van der Waals surface area contributed by atoms with Crippen LogP contribution in [0.15, 0.2) is 49.1 Å². The van der Waals surface area contributed by atoms with E-state index in [9.17, 15) is 4.79 Å². The molecule has 11 heteroatoms. The number of carbonyl (C=O) groups is 1. The second kappa shape index (κ2) is 9.74. The van der Waals surface area contributed by atoms with Crippen LogP contribution in [-0.2, 0) is 19.0 Å². The van der Waals surface area contributed by atoms with E-state index < -0.39 is 0 Å². The minimum Gasteiger partial charge on any atom is -0.342 e. The molecule has 2 N–H and O–H groups in total. The van der Waals surface area contributed by atoms with Gasteiger partial charge in [0.2, 0.25) is 5.95 Å². The summed E-state index contributed by atoms with van der Waals surface area (Å²) in [6.07, 6.45) is 7.92. The van der Waals surface area contributed by atoms with Gasteiger partial charge in [0.05, 0.1) is 35.4 Å². The van der Waals surface area contributed by atoms with Gasteiger partial charge in [-0.05, 0) is 57.5 Å². The summed E-state index contributed by atoms with van der Waals surface area (Å²) in [5, 5.41) is 18.8. The van der Waals surface area contributed by atoms with Crippen molar-refractivity contribution in [1.82, 2.24) is 45.0 Å². The molecular weight excluding hydrogens is 468 g/mol. The van der Waals surface area contributed by atoms with E-state index in [0.29, 0.717) is 18.2 Å². The molecule has 1 atom stereocenters. The van der Waals surface area contributed by atoms with Crippen LogP contribution in [0.1, 0.15) is 48.4 Å². The number of nitrogens with zero attached hydrogens (tertiary/aromatic N) is 8. The summed E-state index contributed by atoms with van der Waals surface area (Å²) in [7, 11) is 3.93. The zero-order valence-corrected chi connectivity index (χ0v) is 21.8. The van der Waals surface area contributed by atoms with E-state index >= 15 is 0 Å². The summed E-state index contributed by atoms with van der Waals surface area (Å²) in [5.41, 5.74) is 5.00. The zero-order valence-electron chi connectivity index (χ0n) is 21.8. The Hall–Kier alpha value is -4.12. The van der Waals surface area contributed by atoms with Gasteiger partial charge in [0, 0.05) is 38.1 Å². The van der Waals surface area contributed by atoms with Crippen molar-refractivity contribution in [3.63, 3.8) is 0 Å². The number of carbonyl (C=O) groups excluding carboxylic acids is 1. The summed E-state index contributed by atoms with van der Waals surface area (Å²) >= 11 is 0. The normalized spacial score (nSPS) is 16.2. The Kier molecular flexibility index (Phi) is 6.46. The molecule has 1 aliphatic rings. The standard InChI is InChI=1S/C26H32N10O/c1-26(2,3)36-16-23(32-33-36)24(37)30-22-15-34(4)11-9-17-12-18(6-7-20(17)22)21-8-10-27-25(31-21)29-19-13-28-35(5)14-19/h6-8,10,12-14,16,22H,9,11,15H2,1-5H3,(H,30,37)(H,27,29,31)/t22-/m0/s1. The number of aromatic nitrogens is 7. The van der Waals surface area contributed by atoms with Gasteiger partial charge < -0.3 is 15.5 Å². The van der Waals surface area contributed by atoms with Crippen molar-refractivity contribution in [2.75, 3.05) is 25.5 Å². The number of amides is 1. The average Bonchev–Trinajstić information content (AvgIpc) is 3.48. The Morgan fingerprint density at radius 3 is 2.70 bits per heavy atom. The molecule has 5 rings (SSSR count). The van der Waals surface area contributed by atoms with Crippen LogP contribution in [0.3, 0.4) is 0 Å². The summed E-state index contributed by atoms with van der Waals surface area (Å²) < 4.78 is 3.43. The third kappa shape index (κ3) is 5.51. The van der Waals surface area contributed by atoms with Crippen molar-refractivity contribution in [3.8, 4) is 11.3 Å². The van der Waals surface area contributed by atoms with Crippen LogP contribution < -0.4 is 10.6 Å². The van der Waals surface area contributed by atoms with E-state index in [4.69, 9.17) is 4.98 Å². The fourth-order valence-electron chi connectivity index (χ4n) is 4.38. The van der Waals surface area contributed by atoms with Crippen molar-refractivity contribution in [1.29, 1.82) is 0 Å². The number of hydrogen-bond donors (Lipinski definition) is 2. The van der Waals surface area contributed by atoms with E-state index in [-0.39, 0.29) is 17.5 Å². The molecule has 37 heavy (non-hydrogen) atoms. The van der Waals surface area contributed by atoms with Gasteiger partial charge in [-0.15, -0.1) is 5.10 Å². The third-order valence-electron chi connectivity index (χ3n) is 6.41. The number of nitrogens with one attached hydrogen (secondary N) is 2. The molecule has 1 aliphatic heterocycles. The molecule has 4 heterocycles. The molecule has 4 aromatic rings. The lowest BCUT2D eigenvalue weighted by Gasteiger charge is -2.22. The van der Waals surface area contributed by atoms with Crippen molar-refractivity contribution >= 4 is 17.5 Å². The van der Waals surface area contributed by atoms with Gasteiger partial charge in [-0.1, -0.05) is 17.3 Å². The van der Waals surface area contributed by atoms with E-state index in [1.54, 1.807) is 28.0 Å². The first kappa shape index (κ1) is 24.6. The van der Waals surface area contributed by atoms with E-state index in [2.05, 4.69) is 61.2 Å². The molecule has 11 nitrogen and oxygen atoms in total. The first-order valence-corrected chi connectivity index (χ1v) is 12.3. The number of likely N-dealkylation sites (N-methyl/N-ethyl adjacent to an activating group) is 1. The highest BCUT2D eigenvalue weighted by molar-refractivity contribution is 5.92. The molecule has 0 saturated heterocycles. The number of anilines is 2. The van der Waals surface area contributed by atoms with Gasteiger partial charge >= 0.3 is 0 Å². The summed E-state index contributed by atoms with van der Waals surface area (Å²) in [5.74, 6) is 0.279. The van der Waals surface area contributed by atoms with Crippen molar-refractivity contribution in [2.24, 2.45) is 7.05 Å². The van der Waals surface area contributed by atoms with Gasteiger partial charge in [-0.3, -0.25) is 9.48 Å². The Morgan fingerprint density at radius 2 is 1.97 bits per heavy atom. The Bertz CT molecular complexity index is 1420. The molecule has 3 aromatic heterocycles. The second-order valence-corrected chi connectivity index (χ2v) is 10.5. The number of hydrogen-bond acceptors (Lipinski definition) is 8. The zero-order chi connectivity index (χ0) is 26.2. The number of rotatable bonds is 5. The number of benzene rings is 1. The minimum absolute atomic E-state index is 0.169. The van der Waals surface area contributed by atoms with Gasteiger partial charge in [-0.2, -0.15) is 5.10 Å². The Morgan fingerprint density at radius 1 is 1.14 bits per heavy atom. The Balaban J connectivity index is 1.39. The molecule has 0 unspecified atom stereocenters. The molecule has 0 radical (unpaired) electrons. The number of aryl methyl sites for hydroxylation is 1. The van der Waals surface area contributed by atoms with Crippen molar-refractivity contribution in [2.45, 2.75) is 38.8 Å². The van der Waals surface area contributed by atoms with Crippen LogP contribution in [0, 0.1) is 0 Å². The fourth-order valence-corrected chi connectivity index (χ4v) is 4.38. The molecule has 192 valence electrons. The van der Waals surface area contributed by atoms with Crippen LogP contribution in [0.5, 0.6) is 0 Å². The second-order valence-electron chi connectivity index (χ2n) is 10.5. The minimum atomic E-state index is -0.245. The van der Waals surface area contributed by atoms with Crippen molar-refractivity contribution in [3.05, 3.63) is 65.9 Å². The van der Waals surface area contributed by atoms with Crippen LogP contribution in [0.25, 0.3) is 11.3 Å². The number of fused-ring (bicyclic) bond motifs is 1. The first-order valence-electron chi connectivity index (χ1n) is 12.3. The molecule has 1 aromatic carbocycles. The topological polar surface area (TPSA) is 119 Å². The highest BCUT2D eigenvalue weighted by Crippen LogP contribution is 2.29. The van der Waals surface area contributed by atoms with E-state index in [1.807, 2.05) is 40.1 Å². The Labute approximate surface area is 215 Å². The predicted molar refractivity (Wildman–Crippen MR) is 140 cm³/mol. The SMILES string of the molecule is CN1CCc2cc(-c3ccnc(Nc4cnn(C)c4)n3)ccc2[C@@H](NC(=O)c2cn(C(C)(C)C)nn2)C1. The maximum atomic E-state index is 13.1. The average molecular weight is 501 g/mol. The van der Waals surface area contributed by atoms with Crippen LogP contribution in [-0.4, -0.2) is 65.7 Å². The maximum Gasteiger partial charge on any atom is 0.273 e. The lowest BCUT2D eigenvalue weighted by Crippen LogP contribution is -2.35. The lowest BCUT2D eigenvalue weighted by atomic mass is 9.96. The quantitative estimate of drug-likeness (QED) is 0.429. The van der Waals surface area contributed by atoms with Crippen LogP contribution in [0.4, 0.5) is 11.6 Å². The van der Waals surface area contributed by atoms with Gasteiger partial charge in [0.25, 0.3) is 5.91 Å². The predicted octanol–water partition coefficient (Wildman–Crippen LogP) is 2.93. The van der Waals surface area contributed by atoms with Gasteiger partial charge in [0.15, 0.2) is 5.69 Å². The lowest BCUT2D eigenvalue weighted by molar-refractivity contribution is 0.0924. The monoisotopic (exact) mass is 500 g/mol. The highest BCUT2D eigenvalue weighted by Gasteiger charge is 2.26. The summed E-state index contributed by atoms with van der Waals surface area (Å²) in [6.45, 7) is 7.66. The van der Waals surface area contributed by atoms with E-state index in [0.717, 1.165) is 35.5 Å². The van der Waals surface area contributed by atoms with Gasteiger partial charge in [0.1, 0.15) is 0 Å². The fraction of sp³-hybridized carbons (Fsp3) is 0.385. The van der Waals surface area contributed by atoms with Crippen LogP contribution >= 0.6 is 0 Å². The largest absolute Gasteiger partial charge is 0.342 e. The van der Waals surface area contributed by atoms with Gasteiger partial charge in [-0.25, -0.2) is 14.6 Å². The third-order valence-corrected chi connectivity index (χ3v) is 6.41. The maximum absolute atomic E-state index is 13.1. The molecular formula is C26H32N10O. The molecule has 0 fully saturated rings. The molecule has 1 amide bonds. The molecule has 0 aliphatic carbocycles.